The number of carbonyl (C=O) groups excluding carboxylic acids is 1. The van der Waals surface area contributed by atoms with Crippen molar-refractivity contribution in [2.24, 2.45) is 5.92 Å². The minimum Gasteiger partial charge on any atom is -0.493 e. The minimum atomic E-state index is -0.165. The molecule has 5 rings (SSSR count). The van der Waals surface area contributed by atoms with E-state index < -0.39 is 0 Å². The molecule has 1 unspecified atom stereocenters. The fraction of sp³-hybridized carbons (Fsp3) is 0.312. The maximum atomic E-state index is 13.8. The average molecular weight is 540 g/mol. The fourth-order valence-electron chi connectivity index (χ4n) is 5.32. The van der Waals surface area contributed by atoms with Crippen LogP contribution >= 0.6 is 11.8 Å². The van der Waals surface area contributed by atoms with Crippen molar-refractivity contribution in [2.75, 3.05) is 12.4 Å². The lowest BCUT2D eigenvalue weighted by Crippen LogP contribution is -2.48. The average Bonchev–Trinajstić information content (AvgIpc) is 3.26. The molecule has 0 radical (unpaired) electrons. The van der Waals surface area contributed by atoms with E-state index in [1.807, 2.05) is 72.8 Å². The van der Waals surface area contributed by atoms with Gasteiger partial charge >= 0.3 is 0 Å². The molecule has 200 valence electrons. The number of carbonyl (C=O) groups is 1. The van der Waals surface area contributed by atoms with E-state index in [2.05, 4.69) is 23.2 Å². The van der Waals surface area contributed by atoms with E-state index in [0.717, 1.165) is 36.1 Å². The number of nitrogens with one attached hydrogen (secondary N) is 1. The van der Waals surface area contributed by atoms with Gasteiger partial charge in [-0.15, -0.1) is 0 Å². The number of hydrogen-bond acceptors (Lipinski definition) is 6. The summed E-state index contributed by atoms with van der Waals surface area (Å²) >= 11 is 1.57. The predicted molar refractivity (Wildman–Crippen MR) is 156 cm³/mol. The summed E-state index contributed by atoms with van der Waals surface area (Å²) in [6, 6.07) is 25.5. The SMILES string of the molecule is COc1cc(/C=C2\SC(Nc3ccccc3)N([C@@H]3CCCC[C@@H]3C)C2=O)ccc1OCc1ccccc1C#N. The number of para-hydroxylation sites is 1. The third kappa shape index (κ3) is 6.07. The first kappa shape index (κ1) is 26.7. The first-order valence-electron chi connectivity index (χ1n) is 13.4. The molecule has 1 amide bonds. The highest BCUT2D eigenvalue weighted by Gasteiger charge is 2.42. The number of thioether (sulfide) groups is 1. The van der Waals surface area contributed by atoms with Crippen molar-refractivity contribution in [3.8, 4) is 17.6 Å². The molecule has 0 aromatic heterocycles. The van der Waals surface area contributed by atoms with Crippen molar-refractivity contribution >= 4 is 29.4 Å². The summed E-state index contributed by atoms with van der Waals surface area (Å²) in [5.74, 6) is 1.69. The molecule has 7 heteroatoms. The van der Waals surface area contributed by atoms with Gasteiger partial charge in [-0.2, -0.15) is 5.26 Å². The topological polar surface area (TPSA) is 74.6 Å². The summed E-state index contributed by atoms with van der Waals surface area (Å²) < 4.78 is 11.6. The number of anilines is 1. The first-order valence-corrected chi connectivity index (χ1v) is 14.3. The Balaban J connectivity index is 1.38. The molecule has 1 saturated heterocycles. The van der Waals surface area contributed by atoms with Crippen molar-refractivity contribution in [1.82, 2.24) is 4.90 Å². The standard InChI is InChI=1S/C32H33N3O3S/c1-22-10-6-9-15-27(22)35-31(36)30(39-32(35)34-26-13-4-3-5-14-26)19-23-16-17-28(29(18-23)37-2)38-21-25-12-8-7-11-24(25)20-33/h3-5,7-8,11-14,16-19,22,27,32,34H,6,9-10,15,21H2,1-2H3/b30-19-/t22-,27+,32?/m0/s1. The highest BCUT2D eigenvalue weighted by molar-refractivity contribution is 8.05. The Morgan fingerprint density at radius 2 is 1.82 bits per heavy atom. The van der Waals surface area contributed by atoms with Crippen LogP contribution in [0.1, 0.15) is 49.3 Å². The monoisotopic (exact) mass is 539 g/mol. The van der Waals surface area contributed by atoms with Crippen LogP contribution in [0.15, 0.2) is 77.7 Å². The Morgan fingerprint density at radius 1 is 1.05 bits per heavy atom. The summed E-state index contributed by atoms with van der Waals surface area (Å²) in [7, 11) is 1.60. The van der Waals surface area contributed by atoms with Crippen molar-refractivity contribution < 1.29 is 14.3 Å². The number of amides is 1. The van der Waals surface area contributed by atoms with Crippen LogP contribution in [0.25, 0.3) is 6.08 Å². The van der Waals surface area contributed by atoms with Crippen LogP contribution in [-0.4, -0.2) is 29.5 Å². The second-order valence-electron chi connectivity index (χ2n) is 10.00. The zero-order valence-corrected chi connectivity index (χ0v) is 23.1. The van der Waals surface area contributed by atoms with Gasteiger partial charge in [0.2, 0.25) is 0 Å². The van der Waals surface area contributed by atoms with E-state index >= 15 is 0 Å². The van der Waals surface area contributed by atoms with Crippen molar-refractivity contribution in [3.63, 3.8) is 0 Å². The Kier molecular flexibility index (Phi) is 8.43. The van der Waals surface area contributed by atoms with Gasteiger partial charge in [0.1, 0.15) is 6.61 Å². The normalized spacial score (nSPS) is 22.0. The minimum absolute atomic E-state index is 0.0691. The predicted octanol–water partition coefficient (Wildman–Crippen LogP) is 7.04. The number of ether oxygens (including phenoxy) is 2. The van der Waals surface area contributed by atoms with Crippen molar-refractivity contribution in [3.05, 3.63) is 94.4 Å². The molecule has 1 saturated carbocycles. The molecule has 1 N–H and O–H groups in total. The fourth-order valence-corrected chi connectivity index (χ4v) is 6.53. The van der Waals surface area contributed by atoms with Crippen LogP contribution in [0.2, 0.25) is 0 Å². The van der Waals surface area contributed by atoms with Gasteiger partial charge in [-0.25, -0.2) is 0 Å². The molecule has 0 spiro atoms. The van der Waals surface area contributed by atoms with Crippen LogP contribution in [0.4, 0.5) is 5.69 Å². The van der Waals surface area contributed by atoms with Crippen LogP contribution in [0.3, 0.4) is 0 Å². The highest BCUT2D eigenvalue weighted by Crippen LogP contribution is 2.42. The van der Waals surface area contributed by atoms with Crippen molar-refractivity contribution in [2.45, 2.75) is 50.8 Å². The lowest BCUT2D eigenvalue weighted by atomic mass is 9.85. The Morgan fingerprint density at radius 3 is 2.59 bits per heavy atom. The molecule has 2 aliphatic rings. The van der Waals surface area contributed by atoms with Crippen molar-refractivity contribution in [1.29, 1.82) is 5.26 Å². The van der Waals surface area contributed by atoms with Gasteiger partial charge in [0.05, 0.1) is 23.6 Å². The summed E-state index contributed by atoms with van der Waals surface area (Å²) in [6.07, 6.45) is 6.49. The molecule has 39 heavy (non-hydrogen) atoms. The first-order chi connectivity index (χ1) is 19.1. The van der Waals surface area contributed by atoms with E-state index in [4.69, 9.17) is 9.47 Å². The summed E-state index contributed by atoms with van der Waals surface area (Å²) in [6.45, 7) is 2.53. The molecule has 3 aromatic rings. The zero-order valence-electron chi connectivity index (χ0n) is 22.3. The lowest BCUT2D eigenvalue weighted by Gasteiger charge is -2.39. The van der Waals surface area contributed by atoms with E-state index in [-0.39, 0.29) is 24.1 Å². The lowest BCUT2D eigenvalue weighted by molar-refractivity contribution is -0.129. The second kappa shape index (κ2) is 12.3. The largest absolute Gasteiger partial charge is 0.493 e. The number of nitrogens with zero attached hydrogens (tertiary/aromatic N) is 2. The number of benzene rings is 3. The highest BCUT2D eigenvalue weighted by atomic mass is 32.2. The van der Waals surface area contributed by atoms with Crippen LogP contribution in [0.5, 0.6) is 11.5 Å². The molecule has 1 aliphatic heterocycles. The number of rotatable bonds is 8. The van der Waals surface area contributed by atoms with Crippen LogP contribution < -0.4 is 14.8 Å². The Bertz CT molecular complexity index is 1380. The quantitative estimate of drug-likeness (QED) is 0.310. The zero-order chi connectivity index (χ0) is 27.2. The third-order valence-corrected chi connectivity index (χ3v) is 8.55. The third-order valence-electron chi connectivity index (χ3n) is 7.43. The molecule has 1 heterocycles. The van der Waals surface area contributed by atoms with E-state index in [9.17, 15) is 10.1 Å². The molecule has 3 aromatic carbocycles. The van der Waals surface area contributed by atoms with Gasteiger partial charge in [-0.05, 0) is 60.7 Å². The van der Waals surface area contributed by atoms with Gasteiger partial charge in [-0.3, -0.25) is 4.79 Å². The van der Waals surface area contributed by atoms with Gasteiger partial charge in [0.25, 0.3) is 5.91 Å². The van der Waals surface area contributed by atoms with Gasteiger partial charge in [-0.1, -0.05) is 74.0 Å². The van der Waals surface area contributed by atoms with E-state index in [0.29, 0.717) is 27.9 Å². The molecule has 3 atom stereocenters. The number of methoxy groups -OCH3 is 1. The molecule has 1 aliphatic carbocycles. The molecule has 6 nitrogen and oxygen atoms in total. The maximum Gasteiger partial charge on any atom is 0.262 e. The maximum absolute atomic E-state index is 13.8. The van der Waals surface area contributed by atoms with Crippen LogP contribution in [0, 0.1) is 17.2 Å². The molecular weight excluding hydrogens is 506 g/mol. The van der Waals surface area contributed by atoms with Crippen LogP contribution in [-0.2, 0) is 11.4 Å². The second-order valence-corrected chi connectivity index (χ2v) is 11.1. The molecular formula is C32H33N3O3S. The number of hydrogen-bond donors (Lipinski definition) is 1. The molecule has 0 bridgehead atoms. The van der Waals surface area contributed by atoms with Gasteiger partial charge < -0.3 is 19.7 Å². The van der Waals surface area contributed by atoms with E-state index in [1.54, 1.807) is 24.9 Å². The smallest absolute Gasteiger partial charge is 0.262 e. The summed E-state index contributed by atoms with van der Waals surface area (Å²) in [5, 5.41) is 12.9. The van der Waals surface area contributed by atoms with Gasteiger partial charge in [0.15, 0.2) is 17.0 Å². The summed E-state index contributed by atoms with van der Waals surface area (Å²) in [4.78, 5) is 16.6. The Hall–Kier alpha value is -3.89. The number of nitriles is 1. The van der Waals surface area contributed by atoms with E-state index in [1.165, 1.54) is 6.42 Å². The Labute approximate surface area is 234 Å². The molecule has 2 fully saturated rings. The van der Waals surface area contributed by atoms with Gasteiger partial charge in [0, 0.05) is 17.3 Å². The summed E-state index contributed by atoms with van der Waals surface area (Å²) in [5.41, 5.74) is 3.10.